The summed E-state index contributed by atoms with van der Waals surface area (Å²) >= 11 is 0. The standard InChI is InChI=1S/C17H20F2N4O3/c1-8(24)21-4-10-5-23(17(25)26-10)9-2-13(18)16(14(19)3-9)22-6-11-12(7-22)15(11)20/h2-3,10-12,15H,4-7,20H2,1H3,(H,21,24)/t10-,11?,12?,15?/m0/s1. The van der Waals surface area contributed by atoms with Crippen molar-refractivity contribution in [2.75, 3.05) is 36.0 Å². The Morgan fingerprint density at radius 3 is 2.46 bits per heavy atom. The van der Waals surface area contributed by atoms with Crippen LogP contribution in [0.5, 0.6) is 0 Å². The molecule has 2 saturated heterocycles. The highest BCUT2D eigenvalue weighted by Crippen LogP contribution is 2.46. The van der Waals surface area contributed by atoms with Crippen molar-refractivity contribution in [2.45, 2.75) is 19.1 Å². The van der Waals surface area contributed by atoms with E-state index in [1.807, 2.05) is 0 Å². The zero-order chi connectivity index (χ0) is 18.6. The highest BCUT2D eigenvalue weighted by atomic mass is 19.1. The van der Waals surface area contributed by atoms with Crippen molar-refractivity contribution in [3.05, 3.63) is 23.8 Å². The average molecular weight is 366 g/mol. The summed E-state index contributed by atoms with van der Waals surface area (Å²) in [6.45, 7) is 2.71. The third kappa shape index (κ3) is 2.86. The number of cyclic esters (lactones) is 1. The van der Waals surface area contributed by atoms with E-state index < -0.39 is 23.8 Å². The Balaban J connectivity index is 1.49. The molecule has 3 aliphatic rings. The lowest BCUT2D eigenvalue weighted by atomic mass is 10.2. The number of piperidine rings is 1. The van der Waals surface area contributed by atoms with Crippen molar-refractivity contribution >= 4 is 23.4 Å². The van der Waals surface area contributed by atoms with Gasteiger partial charge in [-0.15, -0.1) is 0 Å². The summed E-state index contributed by atoms with van der Waals surface area (Å²) in [5.41, 5.74) is 5.89. The molecule has 1 aromatic carbocycles. The van der Waals surface area contributed by atoms with Crippen LogP contribution in [0, 0.1) is 23.5 Å². The van der Waals surface area contributed by atoms with Crippen LogP contribution in [0.4, 0.5) is 25.0 Å². The van der Waals surface area contributed by atoms with E-state index >= 15 is 0 Å². The van der Waals surface area contributed by atoms with Gasteiger partial charge in [-0.1, -0.05) is 0 Å². The van der Waals surface area contributed by atoms with Crippen LogP contribution < -0.4 is 20.9 Å². The molecule has 3 N–H and O–H groups in total. The molecule has 4 rings (SSSR count). The molecule has 2 amide bonds. The van der Waals surface area contributed by atoms with E-state index in [4.69, 9.17) is 10.5 Å². The summed E-state index contributed by atoms with van der Waals surface area (Å²) < 4.78 is 34.3. The zero-order valence-corrected chi connectivity index (χ0v) is 14.2. The summed E-state index contributed by atoms with van der Waals surface area (Å²) in [6.07, 6.45) is -1.26. The SMILES string of the molecule is CC(=O)NC[C@H]1CN(c2cc(F)c(N3CC4C(N)C4C3)c(F)c2)C(=O)O1. The maximum atomic E-state index is 14.6. The number of carbonyl (C=O) groups excluding carboxylic acids is 2. The minimum Gasteiger partial charge on any atom is -0.442 e. The van der Waals surface area contributed by atoms with Gasteiger partial charge in [0.1, 0.15) is 11.8 Å². The minimum atomic E-state index is -0.715. The summed E-state index contributed by atoms with van der Waals surface area (Å²) in [5.74, 6) is -1.07. The minimum absolute atomic E-state index is 0.0736. The number of fused-ring (bicyclic) bond motifs is 1. The first-order valence-corrected chi connectivity index (χ1v) is 8.57. The van der Waals surface area contributed by atoms with Gasteiger partial charge in [0.05, 0.1) is 18.8 Å². The number of hydrogen-bond donors (Lipinski definition) is 2. The monoisotopic (exact) mass is 366 g/mol. The van der Waals surface area contributed by atoms with E-state index in [-0.39, 0.29) is 36.4 Å². The van der Waals surface area contributed by atoms with Crippen LogP contribution >= 0.6 is 0 Å². The molecule has 0 aromatic heterocycles. The molecule has 2 aliphatic heterocycles. The Morgan fingerprint density at radius 2 is 1.88 bits per heavy atom. The van der Waals surface area contributed by atoms with Gasteiger partial charge in [0, 0.05) is 38.2 Å². The van der Waals surface area contributed by atoms with E-state index in [1.165, 1.54) is 11.8 Å². The lowest BCUT2D eigenvalue weighted by Gasteiger charge is -2.24. The Bertz CT molecular complexity index is 739. The maximum Gasteiger partial charge on any atom is 0.414 e. The van der Waals surface area contributed by atoms with E-state index in [0.717, 1.165) is 12.1 Å². The third-order valence-electron chi connectivity index (χ3n) is 5.34. The van der Waals surface area contributed by atoms with E-state index in [1.54, 1.807) is 4.90 Å². The first-order valence-electron chi connectivity index (χ1n) is 8.57. The number of nitrogens with two attached hydrogens (primary N) is 1. The van der Waals surface area contributed by atoms with Crippen LogP contribution in [0.2, 0.25) is 0 Å². The van der Waals surface area contributed by atoms with Gasteiger partial charge in [-0.2, -0.15) is 0 Å². The molecular formula is C17H20F2N4O3. The number of carbonyl (C=O) groups is 2. The molecule has 0 radical (unpaired) electrons. The van der Waals surface area contributed by atoms with Gasteiger partial charge in [0.2, 0.25) is 5.91 Å². The predicted octanol–water partition coefficient (Wildman–Crippen LogP) is 0.819. The molecule has 9 heteroatoms. The van der Waals surface area contributed by atoms with Crippen molar-refractivity contribution in [3.8, 4) is 0 Å². The normalized spacial score (nSPS) is 29.6. The van der Waals surface area contributed by atoms with Crippen molar-refractivity contribution in [1.82, 2.24) is 5.32 Å². The molecule has 0 spiro atoms. The Kier molecular flexibility index (Phi) is 3.98. The molecule has 0 bridgehead atoms. The molecule has 1 aromatic rings. The van der Waals surface area contributed by atoms with Crippen molar-refractivity contribution in [1.29, 1.82) is 0 Å². The molecule has 3 fully saturated rings. The topological polar surface area (TPSA) is 87.9 Å². The van der Waals surface area contributed by atoms with Gasteiger partial charge in [0.25, 0.3) is 0 Å². The average Bonchev–Trinajstić information content (AvgIpc) is 2.93. The number of nitrogens with one attached hydrogen (secondary N) is 1. The number of amides is 2. The zero-order valence-electron chi connectivity index (χ0n) is 14.2. The maximum absolute atomic E-state index is 14.6. The van der Waals surface area contributed by atoms with Crippen LogP contribution in [-0.2, 0) is 9.53 Å². The van der Waals surface area contributed by atoms with E-state index in [0.29, 0.717) is 24.9 Å². The van der Waals surface area contributed by atoms with Gasteiger partial charge in [0.15, 0.2) is 11.6 Å². The van der Waals surface area contributed by atoms with Gasteiger partial charge in [-0.05, 0) is 11.8 Å². The molecular weight excluding hydrogens is 346 g/mol. The second-order valence-electron chi connectivity index (χ2n) is 7.12. The van der Waals surface area contributed by atoms with Crippen LogP contribution in [0.25, 0.3) is 0 Å². The number of halogens is 2. The predicted molar refractivity (Wildman–Crippen MR) is 89.8 cm³/mol. The fourth-order valence-corrected chi connectivity index (χ4v) is 3.86. The van der Waals surface area contributed by atoms with Crippen LogP contribution in [0.3, 0.4) is 0 Å². The molecule has 1 saturated carbocycles. The Labute approximate surface area is 149 Å². The third-order valence-corrected chi connectivity index (χ3v) is 5.34. The van der Waals surface area contributed by atoms with Crippen molar-refractivity contribution in [3.63, 3.8) is 0 Å². The summed E-state index contributed by atoms with van der Waals surface area (Å²) in [4.78, 5) is 25.8. The first kappa shape index (κ1) is 17.0. The molecule has 1 aliphatic carbocycles. The highest BCUT2D eigenvalue weighted by molar-refractivity contribution is 5.90. The molecule has 140 valence electrons. The molecule has 2 heterocycles. The summed E-state index contributed by atoms with van der Waals surface area (Å²) in [6, 6.07) is 2.42. The molecule has 7 nitrogen and oxygen atoms in total. The Morgan fingerprint density at radius 1 is 1.27 bits per heavy atom. The number of rotatable bonds is 4. The van der Waals surface area contributed by atoms with E-state index in [9.17, 15) is 18.4 Å². The van der Waals surface area contributed by atoms with Crippen LogP contribution in [0.15, 0.2) is 12.1 Å². The molecule has 26 heavy (non-hydrogen) atoms. The fourth-order valence-electron chi connectivity index (χ4n) is 3.86. The van der Waals surface area contributed by atoms with Crippen molar-refractivity contribution < 1.29 is 23.1 Å². The number of benzene rings is 1. The van der Waals surface area contributed by atoms with Gasteiger partial charge in [-0.25, -0.2) is 13.6 Å². The van der Waals surface area contributed by atoms with E-state index in [2.05, 4.69) is 5.32 Å². The van der Waals surface area contributed by atoms with Gasteiger partial charge < -0.3 is 20.7 Å². The van der Waals surface area contributed by atoms with Gasteiger partial charge >= 0.3 is 6.09 Å². The second kappa shape index (κ2) is 6.08. The summed E-state index contributed by atoms with van der Waals surface area (Å²) in [5, 5.41) is 2.55. The number of anilines is 2. The smallest absolute Gasteiger partial charge is 0.414 e. The lowest BCUT2D eigenvalue weighted by molar-refractivity contribution is -0.119. The van der Waals surface area contributed by atoms with Gasteiger partial charge in [-0.3, -0.25) is 9.69 Å². The first-order chi connectivity index (χ1) is 12.3. The molecule has 3 atom stereocenters. The summed E-state index contributed by atoms with van der Waals surface area (Å²) in [7, 11) is 0. The lowest BCUT2D eigenvalue weighted by Crippen LogP contribution is -2.33. The van der Waals surface area contributed by atoms with Crippen LogP contribution in [0.1, 0.15) is 6.92 Å². The number of nitrogens with zero attached hydrogens (tertiary/aromatic N) is 2. The Hall–Kier alpha value is -2.42. The number of hydrogen-bond acceptors (Lipinski definition) is 5. The largest absolute Gasteiger partial charge is 0.442 e. The second-order valence-corrected chi connectivity index (χ2v) is 7.12. The quantitative estimate of drug-likeness (QED) is 0.824. The fraction of sp³-hybridized carbons (Fsp3) is 0.529. The van der Waals surface area contributed by atoms with Crippen LogP contribution in [-0.4, -0.2) is 50.3 Å². The number of ether oxygens (including phenoxy) is 1. The highest BCUT2D eigenvalue weighted by Gasteiger charge is 2.54. The van der Waals surface area contributed by atoms with Crippen molar-refractivity contribution in [2.24, 2.45) is 17.6 Å². The molecule has 2 unspecified atom stereocenters.